The van der Waals surface area contributed by atoms with Crippen LogP contribution in [0.5, 0.6) is 5.75 Å². The monoisotopic (exact) mass is 673 g/mol. The van der Waals surface area contributed by atoms with E-state index in [-0.39, 0.29) is 18.3 Å². The van der Waals surface area contributed by atoms with Gasteiger partial charge in [0.1, 0.15) is 24.2 Å². The zero-order chi connectivity index (χ0) is 32.4. The van der Waals surface area contributed by atoms with Gasteiger partial charge >= 0.3 is 0 Å². The summed E-state index contributed by atoms with van der Waals surface area (Å²) >= 11 is 14.0. The van der Waals surface area contributed by atoms with E-state index in [1.807, 2.05) is 63.2 Å². The van der Waals surface area contributed by atoms with Crippen LogP contribution in [0.25, 0.3) is 0 Å². The minimum absolute atomic E-state index is 0.198. The summed E-state index contributed by atoms with van der Waals surface area (Å²) in [5, 5.41) is 12.7. The molecule has 1 aromatic heterocycles. The molecule has 0 radical (unpaired) electrons. The van der Waals surface area contributed by atoms with Gasteiger partial charge in [0.05, 0.1) is 5.57 Å². The molecule has 1 amide bonds. The van der Waals surface area contributed by atoms with Gasteiger partial charge in [0.25, 0.3) is 5.91 Å². The van der Waals surface area contributed by atoms with Gasteiger partial charge in [-0.2, -0.15) is 4.98 Å². The Morgan fingerprint density at radius 3 is 2.43 bits per heavy atom. The highest BCUT2D eigenvalue weighted by molar-refractivity contribution is 7.98. The minimum Gasteiger partial charge on any atom is -0.489 e. The Morgan fingerprint density at radius 2 is 1.70 bits per heavy atom. The van der Waals surface area contributed by atoms with Gasteiger partial charge in [0, 0.05) is 32.7 Å². The summed E-state index contributed by atoms with van der Waals surface area (Å²) in [6.45, 7) is 6.03. The quantitative estimate of drug-likeness (QED) is 0.152. The average molecular weight is 675 g/mol. The molecule has 6 rings (SSSR count). The number of rotatable bonds is 9. The van der Waals surface area contributed by atoms with Gasteiger partial charge in [-0.1, -0.05) is 83.5 Å². The Bertz CT molecular complexity index is 1940. The highest BCUT2D eigenvalue weighted by Crippen LogP contribution is 2.38. The normalized spacial score (nSPS) is 14.1. The van der Waals surface area contributed by atoms with Crippen molar-refractivity contribution in [1.82, 2.24) is 14.8 Å². The van der Waals surface area contributed by atoms with Crippen molar-refractivity contribution in [2.24, 2.45) is 0 Å². The number of carbonyl (C=O) groups is 1. The smallest absolute Gasteiger partial charge is 0.255 e. The van der Waals surface area contributed by atoms with Gasteiger partial charge in [0.15, 0.2) is 0 Å². The van der Waals surface area contributed by atoms with Crippen LogP contribution in [0.4, 0.5) is 16.0 Å². The van der Waals surface area contributed by atoms with Gasteiger partial charge < -0.3 is 15.4 Å². The van der Waals surface area contributed by atoms with Gasteiger partial charge in [-0.3, -0.25) is 4.79 Å². The fourth-order valence-corrected chi connectivity index (χ4v) is 6.52. The SMILES string of the molecule is CC1=C(C(=O)Nc2cccc(C)c2C)C(c2ccc(OCc3c(Cl)cccc3Cl)cc2)n2nc(SCc3ccccc3F)nc2N1. The third-order valence-corrected chi connectivity index (χ3v) is 9.48. The number of allylic oxidation sites excluding steroid dienone is 1. The van der Waals surface area contributed by atoms with E-state index in [0.717, 1.165) is 22.4 Å². The molecule has 234 valence electrons. The summed E-state index contributed by atoms with van der Waals surface area (Å²) in [4.78, 5) is 18.7. The number of fused-ring (bicyclic) bond motifs is 1. The highest BCUT2D eigenvalue weighted by Gasteiger charge is 2.34. The first-order valence-electron chi connectivity index (χ1n) is 14.5. The molecular formula is C35H30Cl2FN5O2S. The maximum Gasteiger partial charge on any atom is 0.255 e. The fraction of sp³-hybridized carbons (Fsp3) is 0.171. The van der Waals surface area contributed by atoms with Crippen molar-refractivity contribution < 1.29 is 13.9 Å². The first-order chi connectivity index (χ1) is 22.2. The maximum atomic E-state index is 14.3. The van der Waals surface area contributed by atoms with Gasteiger partial charge in [-0.05, 0) is 79.4 Å². The number of hydrogen-bond acceptors (Lipinski definition) is 6. The third kappa shape index (κ3) is 6.63. The number of thioether (sulfide) groups is 1. The number of aromatic nitrogens is 3. The van der Waals surface area contributed by atoms with Gasteiger partial charge in [-0.15, -0.1) is 5.10 Å². The molecule has 1 atom stereocenters. The zero-order valence-corrected chi connectivity index (χ0v) is 27.6. The topological polar surface area (TPSA) is 81.1 Å². The van der Waals surface area contributed by atoms with Crippen molar-refractivity contribution in [3.05, 3.63) is 140 Å². The summed E-state index contributed by atoms with van der Waals surface area (Å²) in [6, 6.07) is 24.6. The van der Waals surface area contributed by atoms with E-state index in [1.54, 1.807) is 41.1 Å². The molecule has 11 heteroatoms. The summed E-state index contributed by atoms with van der Waals surface area (Å²) in [7, 11) is 0. The largest absolute Gasteiger partial charge is 0.489 e. The van der Waals surface area contributed by atoms with E-state index < -0.39 is 6.04 Å². The van der Waals surface area contributed by atoms with E-state index in [4.69, 9.17) is 33.0 Å². The Balaban J connectivity index is 1.32. The number of nitrogens with zero attached hydrogens (tertiary/aromatic N) is 3. The molecule has 0 spiro atoms. The van der Waals surface area contributed by atoms with Crippen molar-refractivity contribution in [3.8, 4) is 5.75 Å². The number of amides is 1. The van der Waals surface area contributed by atoms with E-state index >= 15 is 0 Å². The summed E-state index contributed by atoms with van der Waals surface area (Å²) in [6.07, 6.45) is 0. The lowest BCUT2D eigenvalue weighted by atomic mass is 9.94. The lowest BCUT2D eigenvalue weighted by molar-refractivity contribution is -0.113. The van der Waals surface area contributed by atoms with Crippen LogP contribution in [-0.2, 0) is 17.2 Å². The lowest BCUT2D eigenvalue weighted by Crippen LogP contribution is -2.31. The van der Waals surface area contributed by atoms with Crippen LogP contribution in [0.2, 0.25) is 10.0 Å². The Morgan fingerprint density at radius 1 is 0.978 bits per heavy atom. The molecule has 0 aliphatic carbocycles. The second kappa shape index (κ2) is 13.6. The number of carbonyl (C=O) groups excluding carboxylic acids is 1. The Kier molecular flexibility index (Phi) is 9.35. The fourth-order valence-electron chi connectivity index (χ4n) is 5.20. The molecule has 46 heavy (non-hydrogen) atoms. The van der Waals surface area contributed by atoms with Crippen molar-refractivity contribution in [1.29, 1.82) is 0 Å². The average Bonchev–Trinajstić information content (AvgIpc) is 3.44. The first kappa shape index (κ1) is 31.7. The number of aryl methyl sites for hydroxylation is 1. The molecule has 0 fully saturated rings. The molecule has 2 N–H and O–H groups in total. The second-order valence-corrected chi connectivity index (χ2v) is 12.6. The molecule has 2 heterocycles. The van der Waals surface area contributed by atoms with Crippen molar-refractivity contribution in [2.45, 2.75) is 44.3 Å². The molecule has 7 nitrogen and oxygen atoms in total. The summed E-state index contributed by atoms with van der Waals surface area (Å²) < 4.78 is 22.0. The summed E-state index contributed by atoms with van der Waals surface area (Å²) in [5.74, 6) is 0.900. The van der Waals surface area contributed by atoms with Gasteiger partial charge in [0.2, 0.25) is 11.1 Å². The number of halogens is 3. The predicted molar refractivity (Wildman–Crippen MR) is 182 cm³/mol. The zero-order valence-electron chi connectivity index (χ0n) is 25.3. The van der Waals surface area contributed by atoms with Crippen LogP contribution in [-0.4, -0.2) is 20.7 Å². The molecule has 4 aromatic carbocycles. The van der Waals surface area contributed by atoms with Crippen LogP contribution < -0.4 is 15.4 Å². The molecule has 1 unspecified atom stereocenters. The number of nitrogens with one attached hydrogen (secondary N) is 2. The number of benzene rings is 4. The molecular weight excluding hydrogens is 644 g/mol. The Labute approximate surface area is 280 Å². The molecule has 0 saturated heterocycles. The Hall–Kier alpha value is -4.31. The van der Waals surface area contributed by atoms with E-state index in [9.17, 15) is 9.18 Å². The maximum absolute atomic E-state index is 14.3. The minimum atomic E-state index is -0.608. The lowest BCUT2D eigenvalue weighted by Gasteiger charge is -2.29. The molecule has 0 saturated carbocycles. The van der Waals surface area contributed by atoms with Crippen LogP contribution in [0.15, 0.2) is 101 Å². The summed E-state index contributed by atoms with van der Waals surface area (Å²) in [5.41, 5.74) is 5.98. The van der Waals surface area contributed by atoms with Crippen LogP contribution >= 0.6 is 35.0 Å². The standard InChI is InChI=1S/C35H30Cl2FN5O2S/c1-20-8-6-13-30(21(20)2)40-33(44)31-22(3)39-34-41-35(46-19-24-9-4-5-12-29(24)38)42-43(34)32(31)23-14-16-25(17-15-23)45-18-26-27(36)10-7-11-28(26)37/h4-17,32H,18-19H2,1-3H3,(H,40,44)(H,39,41,42). The predicted octanol–water partition coefficient (Wildman–Crippen LogP) is 9.14. The first-order valence-corrected chi connectivity index (χ1v) is 16.3. The second-order valence-electron chi connectivity index (χ2n) is 10.9. The molecule has 1 aliphatic rings. The van der Waals surface area contributed by atoms with E-state index in [0.29, 0.717) is 55.0 Å². The van der Waals surface area contributed by atoms with E-state index in [1.165, 1.54) is 17.8 Å². The third-order valence-electron chi connectivity index (χ3n) is 7.89. The van der Waals surface area contributed by atoms with Gasteiger partial charge in [-0.25, -0.2) is 9.07 Å². The molecule has 0 bridgehead atoms. The van der Waals surface area contributed by atoms with Crippen LogP contribution in [0.3, 0.4) is 0 Å². The highest BCUT2D eigenvalue weighted by atomic mass is 35.5. The van der Waals surface area contributed by atoms with Crippen LogP contribution in [0, 0.1) is 19.7 Å². The van der Waals surface area contributed by atoms with Crippen molar-refractivity contribution in [2.75, 3.05) is 10.6 Å². The van der Waals surface area contributed by atoms with Crippen LogP contribution in [0.1, 0.15) is 40.8 Å². The molecule has 5 aromatic rings. The van der Waals surface area contributed by atoms with E-state index in [2.05, 4.69) is 15.6 Å². The number of anilines is 2. The molecule has 1 aliphatic heterocycles. The number of ether oxygens (including phenoxy) is 1. The number of hydrogen-bond donors (Lipinski definition) is 2. The van der Waals surface area contributed by atoms with Crippen molar-refractivity contribution in [3.63, 3.8) is 0 Å². The van der Waals surface area contributed by atoms with Crippen molar-refractivity contribution >= 4 is 52.5 Å².